The zero-order valence-electron chi connectivity index (χ0n) is 15.8. The van der Waals surface area contributed by atoms with E-state index in [1.165, 1.54) is 0 Å². The Morgan fingerprint density at radius 2 is 1.57 bits per heavy atom. The zero-order chi connectivity index (χ0) is 19.3. The molecule has 4 heteroatoms. The van der Waals surface area contributed by atoms with E-state index in [0.29, 0.717) is 11.4 Å². The molecule has 0 spiro atoms. The lowest BCUT2D eigenvalue weighted by atomic mass is 10.1. The van der Waals surface area contributed by atoms with Gasteiger partial charge in [-0.3, -0.25) is 9.36 Å². The third-order valence-corrected chi connectivity index (χ3v) is 4.95. The first-order valence-electron chi connectivity index (χ1n) is 9.61. The molecule has 0 aliphatic carbocycles. The van der Waals surface area contributed by atoms with Crippen molar-refractivity contribution in [1.29, 1.82) is 0 Å². The van der Waals surface area contributed by atoms with Gasteiger partial charge in [0, 0.05) is 18.7 Å². The Morgan fingerprint density at radius 1 is 0.929 bits per heavy atom. The first kappa shape index (κ1) is 18.0. The van der Waals surface area contributed by atoms with Gasteiger partial charge in [0.25, 0.3) is 5.56 Å². The summed E-state index contributed by atoms with van der Waals surface area (Å²) in [6, 6.07) is 19.6. The lowest BCUT2D eigenvalue weighted by Gasteiger charge is -2.22. The molecule has 4 rings (SSSR count). The van der Waals surface area contributed by atoms with E-state index < -0.39 is 0 Å². The molecule has 0 amide bonds. The normalized spacial score (nSPS) is 13.9. The Balaban J connectivity index is 2.04. The third kappa shape index (κ3) is 3.41. The highest BCUT2D eigenvalue weighted by Gasteiger charge is 2.23. The first-order chi connectivity index (χ1) is 13.8. The number of anilines is 1. The summed E-state index contributed by atoms with van der Waals surface area (Å²) < 4.78 is 1.71. The highest BCUT2D eigenvalue weighted by Crippen LogP contribution is 2.27. The predicted molar refractivity (Wildman–Crippen MR) is 116 cm³/mol. The molecule has 4 nitrogen and oxygen atoms in total. The van der Waals surface area contributed by atoms with E-state index in [1.54, 1.807) is 16.7 Å². The van der Waals surface area contributed by atoms with Gasteiger partial charge >= 0.3 is 0 Å². The summed E-state index contributed by atoms with van der Waals surface area (Å²) in [4.78, 5) is 20.9. The highest BCUT2D eigenvalue weighted by atomic mass is 16.1. The number of hydrogen-bond donors (Lipinski definition) is 0. The van der Waals surface area contributed by atoms with Gasteiger partial charge in [-0.15, -0.1) is 0 Å². The van der Waals surface area contributed by atoms with Crippen molar-refractivity contribution in [3.8, 4) is 17.1 Å². The average Bonchev–Trinajstić information content (AvgIpc) is 3.28. The summed E-state index contributed by atoms with van der Waals surface area (Å²) >= 11 is 0. The predicted octanol–water partition coefficient (Wildman–Crippen LogP) is 4.70. The van der Waals surface area contributed by atoms with Gasteiger partial charge in [0.05, 0.1) is 11.3 Å². The quantitative estimate of drug-likeness (QED) is 0.612. The van der Waals surface area contributed by atoms with Crippen LogP contribution < -0.4 is 10.5 Å². The van der Waals surface area contributed by atoms with Gasteiger partial charge in [-0.2, -0.15) is 0 Å². The largest absolute Gasteiger partial charge is 0.356 e. The van der Waals surface area contributed by atoms with Crippen LogP contribution in [0.3, 0.4) is 0 Å². The molecule has 1 saturated heterocycles. The van der Waals surface area contributed by atoms with Crippen molar-refractivity contribution >= 4 is 11.9 Å². The molecule has 0 atom stereocenters. The Morgan fingerprint density at radius 3 is 2.21 bits per heavy atom. The summed E-state index contributed by atoms with van der Waals surface area (Å²) in [6.07, 6.45) is 7.55. The number of hydrogen-bond acceptors (Lipinski definition) is 3. The molecule has 0 saturated carbocycles. The van der Waals surface area contributed by atoms with Crippen molar-refractivity contribution < 1.29 is 0 Å². The molecule has 3 aromatic rings. The molecule has 1 aliphatic rings. The summed E-state index contributed by atoms with van der Waals surface area (Å²) in [5.74, 6) is 1.42. The van der Waals surface area contributed by atoms with Crippen LogP contribution in [0.15, 0.2) is 84.2 Å². The maximum absolute atomic E-state index is 13.7. The minimum absolute atomic E-state index is 0.0694. The maximum Gasteiger partial charge on any atom is 0.267 e. The summed E-state index contributed by atoms with van der Waals surface area (Å²) in [6.45, 7) is 5.59. The molecule has 0 radical (unpaired) electrons. The summed E-state index contributed by atoms with van der Waals surface area (Å²) in [5, 5.41) is 0. The molecule has 2 heterocycles. The lowest BCUT2D eigenvalue weighted by Crippen LogP contribution is -2.30. The van der Waals surface area contributed by atoms with Crippen LogP contribution in [0.1, 0.15) is 18.4 Å². The SMILES string of the molecule is C=C/C=C/c1c(N2CCCC2)nc(-c2ccccc2)n(-c2ccccc2)c1=O. The Hall–Kier alpha value is -3.40. The van der Waals surface area contributed by atoms with Crippen molar-refractivity contribution in [2.45, 2.75) is 12.8 Å². The van der Waals surface area contributed by atoms with E-state index in [2.05, 4.69) is 11.5 Å². The molecular formula is C24H23N3O. The average molecular weight is 369 g/mol. The Labute approximate surface area is 165 Å². The lowest BCUT2D eigenvalue weighted by molar-refractivity contribution is 0.883. The monoisotopic (exact) mass is 369 g/mol. The third-order valence-electron chi connectivity index (χ3n) is 4.95. The topological polar surface area (TPSA) is 38.1 Å². The number of benzene rings is 2. The fraction of sp³-hybridized carbons (Fsp3) is 0.167. The molecule has 1 fully saturated rings. The van der Waals surface area contributed by atoms with Gasteiger partial charge in [-0.1, -0.05) is 67.3 Å². The van der Waals surface area contributed by atoms with Crippen LogP contribution in [0.5, 0.6) is 0 Å². The number of para-hydroxylation sites is 1. The van der Waals surface area contributed by atoms with E-state index in [9.17, 15) is 4.79 Å². The van der Waals surface area contributed by atoms with Crippen molar-refractivity contribution in [2.75, 3.05) is 18.0 Å². The van der Waals surface area contributed by atoms with Crippen LogP contribution in [0, 0.1) is 0 Å². The van der Waals surface area contributed by atoms with Crippen LogP contribution in [0.25, 0.3) is 23.2 Å². The fourth-order valence-corrected chi connectivity index (χ4v) is 3.60. The first-order valence-corrected chi connectivity index (χ1v) is 9.61. The van der Waals surface area contributed by atoms with Crippen LogP contribution in [-0.2, 0) is 0 Å². The highest BCUT2D eigenvalue weighted by molar-refractivity contribution is 5.69. The second-order valence-electron chi connectivity index (χ2n) is 6.80. The van der Waals surface area contributed by atoms with Crippen LogP contribution in [-0.4, -0.2) is 22.6 Å². The Kier molecular flexibility index (Phi) is 5.20. The van der Waals surface area contributed by atoms with Crippen molar-refractivity contribution in [1.82, 2.24) is 9.55 Å². The molecule has 0 N–H and O–H groups in total. The van der Waals surface area contributed by atoms with E-state index >= 15 is 0 Å². The summed E-state index contributed by atoms with van der Waals surface area (Å²) in [7, 11) is 0. The second kappa shape index (κ2) is 8.09. The van der Waals surface area contributed by atoms with Crippen LogP contribution in [0.4, 0.5) is 5.82 Å². The second-order valence-corrected chi connectivity index (χ2v) is 6.80. The van der Waals surface area contributed by atoms with E-state index in [-0.39, 0.29) is 5.56 Å². The molecule has 28 heavy (non-hydrogen) atoms. The smallest absolute Gasteiger partial charge is 0.267 e. The van der Waals surface area contributed by atoms with E-state index in [0.717, 1.165) is 43.0 Å². The van der Waals surface area contributed by atoms with Gasteiger partial charge in [0.2, 0.25) is 0 Å². The minimum Gasteiger partial charge on any atom is -0.356 e. The molecule has 0 bridgehead atoms. The minimum atomic E-state index is -0.0694. The van der Waals surface area contributed by atoms with E-state index in [1.807, 2.05) is 66.7 Å². The standard InChI is InChI=1S/C24H23N3O/c1-2-3-16-21-23(26-17-10-11-18-26)25-22(19-12-6-4-7-13-19)27(24(21)28)20-14-8-5-9-15-20/h2-9,12-16H,1,10-11,17-18H2/b16-3+. The van der Waals surface area contributed by atoms with Crippen molar-refractivity contribution in [3.63, 3.8) is 0 Å². The molecule has 1 aliphatic heterocycles. The number of rotatable bonds is 5. The van der Waals surface area contributed by atoms with Crippen LogP contribution in [0.2, 0.25) is 0 Å². The number of allylic oxidation sites excluding steroid dienone is 2. The maximum atomic E-state index is 13.7. The van der Waals surface area contributed by atoms with Gasteiger partial charge in [-0.25, -0.2) is 4.98 Å². The van der Waals surface area contributed by atoms with Gasteiger partial charge in [-0.05, 0) is 31.1 Å². The van der Waals surface area contributed by atoms with Crippen molar-refractivity contribution in [2.24, 2.45) is 0 Å². The molecular weight excluding hydrogens is 346 g/mol. The molecule has 0 unspecified atom stereocenters. The van der Waals surface area contributed by atoms with E-state index in [4.69, 9.17) is 4.98 Å². The van der Waals surface area contributed by atoms with Gasteiger partial charge in [0.15, 0.2) is 0 Å². The van der Waals surface area contributed by atoms with Crippen LogP contribution >= 0.6 is 0 Å². The van der Waals surface area contributed by atoms with Gasteiger partial charge < -0.3 is 4.90 Å². The zero-order valence-corrected chi connectivity index (χ0v) is 15.8. The van der Waals surface area contributed by atoms with Gasteiger partial charge in [0.1, 0.15) is 11.6 Å². The molecule has 140 valence electrons. The molecule has 1 aromatic heterocycles. The number of aromatic nitrogens is 2. The number of nitrogens with zero attached hydrogens (tertiary/aromatic N) is 3. The van der Waals surface area contributed by atoms with Crippen molar-refractivity contribution in [3.05, 3.63) is 95.3 Å². The molecule has 2 aromatic carbocycles. The fourth-order valence-electron chi connectivity index (χ4n) is 3.60. The Bertz CT molecular complexity index is 1050. The summed E-state index contributed by atoms with van der Waals surface area (Å²) in [5.41, 5.74) is 2.26.